The van der Waals surface area contributed by atoms with Gasteiger partial charge in [-0.25, -0.2) is 0 Å². The van der Waals surface area contributed by atoms with E-state index in [0.29, 0.717) is 5.88 Å². The zero-order chi connectivity index (χ0) is 10.0. The molecule has 0 aliphatic heterocycles. The quantitative estimate of drug-likeness (QED) is 0.783. The standard InChI is InChI=1S/C11H13Cl2N/c12-8-11(5-6-11)14-7-9-3-1-2-4-10(9)13/h1-4,14H,5-8H2. The fourth-order valence-corrected chi connectivity index (χ4v) is 2.00. The first-order valence-corrected chi connectivity index (χ1v) is 5.71. The molecule has 1 aromatic rings. The number of halogens is 2. The van der Waals surface area contributed by atoms with Crippen molar-refractivity contribution in [3.63, 3.8) is 0 Å². The molecule has 0 saturated heterocycles. The van der Waals surface area contributed by atoms with Crippen LogP contribution in [0, 0.1) is 0 Å². The third-order valence-electron chi connectivity index (χ3n) is 2.72. The van der Waals surface area contributed by atoms with E-state index >= 15 is 0 Å². The van der Waals surface area contributed by atoms with E-state index in [2.05, 4.69) is 5.32 Å². The van der Waals surface area contributed by atoms with E-state index in [9.17, 15) is 0 Å². The topological polar surface area (TPSA) is 12.0 Å². The monoisotopic (exact) mass is 229 g/mol. The summed E-state index contributed by atoms with van der Waals surface area (Å²) in [6.07, 6.45) is 2.36. The lowest BCUT2D eigenvalue weighted by molar-refractivity contribution is 0.543. The summed E-state index contributed by atoms with van der Waals surface area (Å²) in [4.78, 5) is 0. The fourth-order valence-electron chi connectivity index (χ4n) is 1.43. The van der Waals surface area contributed by atoms with Gasteiger partial charge in [-0.2, -0.15) is 0 Å². The predicted molar refractivity (Wildman–Crippen MR) is 61.0 cm³/mol. The molecule has 1 N–H and O–H groups in total. The number of hydrogen-bond donors (Lipinski definition) is 1. The molecule has 0 bridgehead atoms. The van der Waals surface area contributed by atoms with Crippen LogP contribution in [0.1, 0.15) is 18.4 Å². The van der Waals surface area contributed by atoms with Gasteiger partial charge in [-0.3, -0.25) is 0 Å². The van der Waals surface area contributed by atoms with E-state index < -0.39 is 0 Å². The number of benzene rings is 1. The lowest BCUT2D eigenvalue weighted by Crippen LogP contribution is -2.32. The molecule has 0 radical (unpaired) electrons. The lowest BCUT2D eigenvalue weighted by atomic mass is 10.2. The zero-order valence-corrected chi connectivity index (χ0v) is 9.41. The Morgan fingerprint density at radius 2 is 2.00 bits per heavy atom. The van der Waals surface area contributed by atoms with Gasteiger partial charge in [-0.05, 0) is 24.5 Å². The number of rotatable bonds is 4. The van der Waals surface area contributed by atoms with Gasteiger partial charge in [0.05, 0.1) is 0 Å². The van der Waals surface area contributed by atoms with Crippen LogP contribution in [0.15, 0.2) is 24.3 Å². The molecule has 1 saturated carbocycles. The second-order valence-corrected chi connectivity index (χ2v) is 4.53. The van der Waals surface area contributed by atoms with Crippen LogP contribution < -0.4 is 5.32 Å². The molecule has 1 nitrogen and oxygen atoms in total. The molecule has 0 spiro atoms. The van der Waals surface area contributed by atoms with Crippen molar-refractivity contribution in [2.45, 2.75) is 24.9 Å². The van der Waals surface area contributed by atoms with Crippen LogP contribution in [0.25, 0.3) is 0 Å². The highest BCUT2D eigenvalue weighted by Crippen LogP contribution is 2.36. The zero-order valence-electron chi connectivity index (χ0n) is 7.89. The maximum atomic E-state index is 6.04. The van der Waals surface area contributed by atoms with Crippen LogP contribution in [0.2, 0.25) is 5.02 Å². The Bertz CT molecular complexity index is 321. The van der Waals surface area contributed by atoms with Crippen LogP contribution in [-0.4, -0.2) is 11.4 Å². The second-order valence-electron chi connectivity index (χ2n) is 3.86. The van der Waals surface area contributed by atoms with Gasteiger partial charge >= 0.3 is 0 Å². The number of alkyl halides is 1. The summed E-state index contributed by atoms with van der Waals surface area (Å²) in [5, 5.41) is 4.28. The summed E-state index contributed by atoms with van der Waals surface area (Å²) in [6.45, 7) is 0.812. The van der Waals surface area contributed by atoms with Crippen LogP contribution in [0.5, 0.6) is 0 Å². The Morgan fingerprint density at radius 3 is 2.57 bits per heavy atom. The van der Waals surface area contributed by atoms with Crippen LogP contribution in [-0.2, 0) is 6.54 Å². The van der Waals surface area contributed by atoms with Crippen molar-refractivity contribution in [2.75, 3.05) is 5.88 Å². The first-order valence-electron chi connectivity index (χ1n) is 4.80. The Kier molecular flexibility index (Phi) is 3.01. The molecule has 14 heavy (non-hydrogen) atoms. The Morgan fingerprint density at radius 1 is 1.29 bits per heavy atom. The van der Waals surface area contributed by atoms with Crippen molar-refractivity contribution in [1.82, 2.24) is 5.32 Å². The molecule has 0 unspecified atom stereocenters. The minimum atomic E-state index is 0.195. The predicted octanol–water partition coefficient (Wildman–Crippen LogP) is 3.20. The fraction of sp³-hybridized carbons (Fsp3) is 0.455. The normalized spacial score (nSPS) is 18.1. The molecule has 0 aromatic heterocycles. The first kappa shape index (κ1) is 10.3. The number of hydrogen-bond acceptors (Lipinski definition) is 1. The molecule has 1 aliphatic carbocycles. The maximum absolute atomic E-state index is 6.04. The van der Waals surface area contributed by atoms with E-state index in [1.165, 1.54) is 12.8 Å². The van der Waals surface area contributed by atoms with Crippen molar-refractivity contribution in [2.24, 2.45) is 0 Å². The molecule has 0 heterocycles. The van der Waals surface area contributed by atoms with Crippen molar-refractivity contribution < 1.29 is 0 Å². The SMILES string of the molecule is ClCC1(NCc2ccccc2Cl)CC1. The molecule has 1 aromatic carbocycles. The molecule has 0 atom stereocenters. The van der Waals surface area contributed by atoms with Crippen molar-refractivity contribution in [1.29, 1.82) is 0 Å². The summed E-state index contributed by atoms with van der Waals surface area (Å²) < 4.78 is 0. The van der Waals surface area contributed by atoms with Gasteiger partial charge in [0.2, 0.25) is 0 Å². The lowest BCUT2D eigenvalue weighted by Gasteiger charge is -2.14. The van der Waals surface area contributed by atoms with E-state index in [1.807, 2.05) is 24.3 Å². The van der Waals surface area contributed by atoms with Crippen molar-refractivity contribution in [3.8, 4) is 0 Å². The minimum absolute atomic E-state index is 0.195. The molecular weight excluding hydrogens is 217 g/mol. The van der Waals surface area contributed by atoms with Gasteiger partial charge in [-0.15, -0.1) is 11.6 Å². The molecule has 1 fully saturated rings. The molecule has 76 valence electrons. The first-order chi connectivity index (χ1) is 6.76. The van der Waals surface area contributed by atoms with Crippen LogP contribution in [0.3, 0.4) is 0 Å². The van der Waals surface area contributed by atoms with Crippen LogP contribution in [0.4, 0.5) is 0 Å². The smallest absolute Gasteiger partial charge is 0.0450 e. The Hall–Kier alpha value is -0.240. The highest BCUT2D eigenvalue weighted by atomic mass is 35.5. The van der Waals surface area contributed by atoms with Gasteiger partial charge in [0, 0.05) is 23.0 Å². The van der Waals surface area contributed by atoms with Crippen LogP contribution >= 0.6 is 23.2 Å². The van der Waals surface area contributed by atoms with Gasteiger partial charge in [-0.1, -0.05) is 29.8 Å². The van der Waals surface area contributed by atoms with E-state index in [1.54, 1.807) is 0 Å². The average molecular weight is 230 g/mol. The van der Waals surface area contributed by atoms with E-state index in [4.69, 9.17) is 23.2 Å². The summed E-state index contributed by atoms with van der Waals surface area (Å²) in [7, 11) is 0. The second kappa shape index (κ2) is 4.09. The Labute approximate surface area is 94.4 Å². The van der Waals surface area contributed by atoms with E-state index in [0.717, 1.165) is 17.1 Å². The molecule has 0 amide bonds. The highest BCUT2D eigenvalue weighted by molar-refractivity contribution is 6.31. The largest absolute Gasteiger partial charge is 0.306 e. The number of nitrogens with one attached hydrogen (secondary N) is 1. The third kappa shape index (κ3) is 2.22. The van der Waals surface area contributed by atoms with Gasteiger partial charge < -0.3 is 5.32 Å². The Balaban J connectivity index is 1.95. The molecule has 3 heteroatoms. The summed E-state index contributed by atoms with van der Waals surface area (Å²) in [5.74, 6) is 0.692. The summed E-state index contributed by atoms with van der Waals surface area (Å²) >= 11 is 11.9. The van der Waals surface area contributed by atoms with Gasteiger partial charge in [0.1, 0.15) is 0 Å². The summed E-state index contributed by atoms with van der Waals surface area (Å²) in [6, 6.07) is 7.90. The summed E-state index contributed by atoms with van der Waals surface area (Å²) in [5.41, 5.74) is 1.34. The van der Waals surface area contributed by atoms with E-state index in [-0.39, 0.29) is 5.54 Å². The highest BCUT2D eigenvalue weighted by Gasteiger charge is 2.41. The molecular formula is C11H13Cl2N. The van der Waals surface area contributed by atoms with Crippen molar-refractivity contribution >= 4 is 23.2 Å². The minimum Gasteiger partial charge on any atom is -0.306 e. The maximum Gasteiger partial charge on any atom is 0.0450 e. The van der Waals surface area contributed by atoms with Crippen molar-refractivity contribution in [3.05, 3.63) is 34.9 Å². The van der Waals surface area contributed by atoms with Gasteiger partial charge in [0.25, 0.3) is 0 Å². The van der Waals surface area contributed by atoms with Gasteiger partial charge in [0.15, 0.2) is 0 Å². The molecule has 1 aliphatic rings. The molecule has 2 rings (SSSR count). The third-order valence-corrected chi connectivity index (χ3v) is 3.60. The average Bonchev–Trinajstić information content (AvgIpc) is 2.98.